The Morgan fingerprint density at radius 2 is 1.58 bits per heavy atom. The van der Waals surface area contributed by atoms with Gasteiger partial charge in [-0.25, -0.2) is 4.79 Å². The fourth-order valence-corrected chi connectivity index (χ4v) is 5.08. The Hall–Kier alpha value is -2.96. The van der Waals surface area contributed by atoms with Crippen LogP contribution in [0.4, 0.5) is 0 Å². The molecular formula is C25H26N2O4. The van der Waals surface area contributed by atoms with Gasteiger partial charge in [-0.3, -0.25) is 14.3 Å². The predicted octanol–water partition coefficient (Wildman–Crippen LogP) is 3.07. The Labute approximate surface area is 180 Å². The zero-order valence-electron chi connectivity index (χ0n) is 17.3. The summed E-state index contributed by atoms with van der Waals surface area (Å²) in [6, 6.07) is 21.7. The van der Waals surface area contributed by atoms with Gasteiger partial charge in [-0.05, 0) is 29.9 Å². The summed E-state index contributed by atoms with van der Waals surface area (Å²) in [5, 5.41) is 0. The Balaban J connectivity index is 1.32. The first kappa shape index (κ1) is 20.0. The molecule has 3 aromatic rings. The molecule has 2 aromatic carbocycles. The van der Waals surface area contributed by atoms with Gasteiger partial charge in [-0.2, -0.15) is 0 Å². The van der Waals surface area contributed by atoms with Crippen LogP contribution in [0.5, 0.6) is 0 Å². The number of rotatable bonds is 8. The molecule has 4 atom stereocenters. The van der Waals surface area contributed by atoms with Crippen molar-refractivity contribution >= 4 is 0 Å². The van der Waals surface area contributed by atoms with E-state index >= 15 is 0 Å². The minimum atomic E-state index is -0.368. The van der Waals surface area contributed by atoms with Gasteiger partial charge < -0.3 is 9.47 Å². The lowest BCUT2D eigenvalue weighted by molar-refractivity contribution is -0.0308. The van der Waals surface area contributed by atoms with Crippen molar-refractivity contribution < 1.29 is 9.47 Å². The lowest BCUT2D eigenvalue weighted by Crippen LogP contribution is -2.36. The fourth-order valence-electron chi connectivity index (χ4n) is 5.08. The van der Waals surface area contributed by atoms with Crippen molar-refractivity contribution in [2.75, 3.05) is 6.61 Å². The molecule has 0 radical (unpaired) electrons. The van der Waals surface area contributed by atoms with E-state index in [1.807, 2.05) is 36.4 Å². The van der Waals surface area contributed by atoms with E-state index in [9.17, 15) is 9.59 Å². The van der Waals surface area contributed by atoms with Crippen LogP contribution in [0, 0.1) is 11.8 Å². The van der Waals surface area contributed by atoms with Crippen LogP contribution in [-0.4, -0.2) is 22.3 Å². The van der Waals surface area contributed by atoms with E-state index in [1.54, 1.807) is 10.8 Å². The molecule has 0 saturated heterocycles. The van der Waals surface area contributed by atoms with Gasteiger partial charge >= 0.3 is 5.69 Å². The van der Waals surface area contributed by atoms with Crippen LogP contribution >= 0.6 is 0 Å². The second-order valence-corrected chi connectivity index (χ2v) is 8.60. The van der Waals surface area contributed by atoms with Crippen molar-refractivity contribution in [1.82, 2.24) is 9.55 Å². The summed E-state index contributed by atoms with van der Waals surface area (Å²) in [5.74, 6) is 0.499. The van der Waals surface area contributed by atoms with Crippen molar-refractivity contribution in [2.45, 2.75) is 37.7 Å². The highest BCUT2D eigenvalue weighted by Gasteiger charge is 2.67. The third kappa shape index (κ3) is 4.01. The first-order chi connectivity index (χ1) is 15.2. The highest BCUT2D eigenvalue weighted by Crippen LogP contribution is 2.64. The van der Waals surface area contributed by atoms with Crippen LogP contribution in [0.25, 0.3) is 0 Å². The molecule has 1 heterocycles. The summed E-state index contributed by atoms with van der Waals surface area (Å²) < 4.78 is 14.1. The zero-order valence-corrected chi connectivity index (χ0v) is 17.3. The van der Waals surface area contributed by atoms with Crippen molar-refractivity contribution in [3.05, 3.63) is 105 Å². The number of hydrogen-bond donors (Lipinski definition) is 1. The lowest BCUT2D eigenvalue weighted by atomic mass is 10.0. The summed E-state index contributed by atoms with van der Waals surface area (Å²) in [6.45, 7) is 1.67. The van der Waals surface area contributed by atoms with Crippen molar-refractivity contribution in [3.8, 4) is 0 Å². The summed E-state index contributed by atoms with van der Waals surface area (Å²) in [4.78, 5) is 26.4. The number of H-pyrrole nitrogens is 1. The molecule has 0 unspecified atom stereocenters. The van der Waals surface area contributed by atoms with Gasteiger partial charge in [0.2, 0.25) is 0 Å². The van der Waals surface area contributed by atoms with Crippen LogP contribution in [0.2, 0.25) is 0 Å². The topological polar surface area (TPSA) is 73.3 Å². The van der Waals surface area contributed by atoms with Crippen molar-refractivity contribution in [1.29, 1.82) is 0 Å². The van der Waals surface area contributed by atoms with Gasteiger partial charge in [0.15, 0.2) is 0 Å². The predicted molar refractivity (Wildman–Crippen MR) is 117 cm³/mol. The van der Waals surface area contributed by atoms with Gasteiger partial charge in [-0.15, -0.1) is 0 Å². The van der Waals surface area contributed by atoms with Crippen LogP contribution in [-0.2, 0) is 28.2 Å². The van der Waals surface area contributed by atoms with Gasteiger partial charge in [0.25, 0.3) is 5.56 Å². The number of aromatic amines is 1. The number of nitrogens with zero attached hydrogens (tertiary/aromatic N) is 1. The summed E-state index contributed by atoms with van der Waals surface area (Å²) in [7, 11) is 0. The second-order valence-electron chi connectivity index (χ2n) is 8.60. The first-order valence-corrected chi connectivity index (χ1v) is 10.8. The average molecular weight is 418 g/mol. The third-order valence-electron chi connectivity index (χ3n) is 6.68. The molecule has 1 aromatic heterocycles. The van der Waals surface area contributed by atoms with Crippen LogP contribution in [0.15, 0.2) is 82.5 Å². The molecule has 2 aliphatic rings. The molecule has 2 aliphatic carbocycles. The van der Waals surface area contributed by atoms with Gasteiger partial charge in [-0.1, -0.05) is 60.7 Å². The van der Waals surface area contributed by atoms with Crippen molar-refractivity contribution in [2.24, 2.45) is 11.8 Å². The first-order valence-electron chi connectivity index (χ1n) is 10.8. The number of aromatic nitrogens is 2. The van der Waals surface area contributed by atoms with Gasteiger partial charge in [0.05, 0.1) is 31.5 Å². The SMILES string of the molecule is O=c1ccn([C@@]23C[C@H](OCc4ccccc4)[C@@H](COCc4ccccc4)[C@@H]2C3)c(=O)[nH]1. The molecule has 31 heavy (non-hydrogen) atoms. The Bertz CT molecular complexity index is 1140. The van der Waals surface area contributed by atoms with E-state index in [2.05, 4.69) is 29.2 Å². The molecule has 1 N–H and O–H groups in total. The van der Waals surface area contributed by atoms with E-state index in [0.717, 1.165) is 24.0 Å². The van der Waals surface area contributed by atoms with E-state index in [4.69, 9.17) is 9.47 Å². The number of nitrogens with one attached hydrogen (secondary N) is 1. The van der Waals surface area contributed by atoms with E-state index < -0.39 is 0 Å². The highest BCUT2D eigenvalue weighted by atomic mass is 16.5. The molecule has 5 rings (SSSR count). The molecule has 0 aliphatic heterocycles. The maximum atomic E-state index is 12.5. The average Bonchev–Trinajstić information content (AvgIpc) is 3.42. The maximum absolute atomic E-state index is 12.5. The third-order valence-corrected chi connectivity index (χ3v) is 6.68. The zero-order chi connectivity index (χ0) is 21.3. The summed E-state index contributed by atoms with van der Waals surface area (Å²) >= 11 is 0. The summed E-state index contributed by atoms with van der Waals surface area (Å²) in [5.41, 5.74) is 1.27. The molecule has 2 fully saturated rings. The monoisotopic (exact) mass is 418 g/mol. The molecule has 2 saturated carbocycles. The molecule has 160 valence electrons. The van der Waals surface area contributed by atoms with E-state index in [1.165, 1.54) is 6.07 Å². The molecule has 6 nitrogen and oxygen atoms in total. The second kappa shape index (κ2) is 8.29. The Morgan fingerprint density at radius 3 is 2.26 bits per heavy atom. The van der Waals surface area contributed by atoms with Crippen molar-refractivity contribution in [3.63, 3.8) is 0 Å². The number of ether oxygens (including phenoxy) is 2. The molecule has 6 heteroatoms. The standard InChI is InChI=1S/C25H26N2O4/c28-23-11-12-27(24(29)26-23)25-13-21(25)20(17-30-15-18-7-3-1-4-8-18)22(14-25)31-16-19-9-5-2-6-10-19/h1-12,20-22H,13-17H2,(H,26,28,29)/t20-,21-,22-,25-/m0/s1. The summed E-state index contributed by atoms with van der Waals surface area (Å²) in [6.07, 6.45) is 3.27. The number of fused-ring (bicyclic) bond motifs is 1. The van der Waals surface area contributed by atoms with E-state index in [0.29, 0.717) is 25.7 Å². The minimum absolute atomic E-state index is 0.00597. The van der Waals surface area contributed by atoms with E-state index in [-0.39, 0.29) is 28.8 Å². The quantitative estimate of drug-likeness (QED) is 0.610. The van der Waals surface area contributed by atoms with Crippen LogP contribution in [0.3, 0.4) is 0 Å². The lowest BCUT2D eigenvalue weighted by Gasteiger charge is -2.24. The number of benzene rings is 2. The highest BCUT2D eigenvalue weighted by molar-refractivity contribution is 5.20. The number of hydrogen-bond acceptors (Lipinski definition) is 4. The fraction of sp³-hybridized carbons (Fsp3) is 0.360. The molecule has 0 spiro atoms. The Kier molecular flexibility index (Phi) is 5.34. The normalized spacial score (nSPS) is 26.5. The molecular weight excluding hydrogens is 392 g/mol. The largest absolute Gasteiger partial charge is 0.376 e. The smallest absolute Gasteiger partial charge is 0.328 e. The molecule has 0 bridgehead atoms. The van der Waals surface area contributed by atoms with Crippen LogP contribution in [0.1, 0.15) is 24.0 Å². The van der Waals surface area contributed by atoms with Crippen LogP contribution < -0.4 is 11.2 Å². The van der Waals surface area contributed by atoms with Gasteiger partial charge in [0.1, 0.15) is 0 Å². The minimum Gasteiger partial charge on any atom is -0.376 e. The van der Waals surface area contributed by atoms with Gasteiger partial charge in [0, 0.05) is 18.2 Å². The maximum Gasteiger partial charge on any atom is 0.328 e. The molecule has 0 amide bonds. The Morgan fingerprint density at radius 1 is 0.903 bits per heavy atom.